The van der Waals surface area contributed by atoms with Crippen LogP contribution in [-0.2, 0) is 23.9 Å². The highest BCUT2D eigenvalue weighted by atomic mass is 32.2. The van der Waals surface area contributed by atoms with E-state index in [1.165, 1.54) is 14.0 Å². The summed E-state index contributed by atoms with van der Waals surface area (Å²) in [5, 5.41) is 8.31. The summed E-state index contributed by atoms with van der Waals surface area (Å²) in [5.74, 6) is -0.437. The number of anilines is 1. The van der Waals surface area contributed by atoms with E-state index in [1.54, 1.807) is 19.9 Å². The van der Waals surface area contributed by atoms with Crippen molar-refractivity contribution in [2.75, 3.05) is 31.3 Å². The second-order valence-electron chi connectivity index (χ2n) is 5.18. The van der Waals surface area contributed by atoms with Crippen LogP contribution >= 0.6 is 11.8 Å². The number of amides is 2. The predicted octanol–water partition coefficient (Wildman–Crippen LogP) is 0.738. The molecule has 0 aliphatic carbocycles. The summed E-state index contributed by atoms with van der Waals surface area (Å²) in [6, 6.07) is 1.59. The van der Waals surface area contributed by atoms with Gasteiger partial charge in [-0.1, -0.05) is 5.16 Å². The number of aryl methyl sites for hydroxylation is 1. The van der Waals surface area contributed by atoms with Gasteiger partial charge in [-0.2, -0.15) is 0 Å². The molecule has 1 heterocycles. The summed E-state index contributed by atoms with van der Waals surface area (Å²) < 4.78 is 14.7. The van der Waals surface area contributed by atoms with Crippen LogP contribution in [-0.4, -0.2) is 60.3 Å². The second kappa shape index (κ2) is 10.7. The number of nitrogens with zero attached hydrogens (tertiary/aromatic N) is 1. The molecule has 0 aliphatic rings. The Morgan fingerprint density at radius 2 is 2.04 bits per heavy atom. The first kappa shape index (κ1) is 21.0. The highest BCUT2D eigenvalue weighted by Crippen LogP contribution is 2.14. The highest BCUT2D eigenvalue weighted by molar-refractivity contribution is 8.01. The van der Waals surface area contributed by atoms with Gasteiger partial charge in [0.25, 0.3) is 5.91 Å². The lowest BCUT2D eigenvalue weighted by molar-refractivity contribution is -0.152. The largest absolute Gasteiger partial charge is 0.452 e. The van der Waals surface area contributed by atoms with Crippen LogP contribution in [0.4, 0.5) is 5.82 Å². The Morgan fingerprint density at radius 1 is 1.32 bits per heavy atom. The van der Waals surface area contributed by atoms with Crippen LogP contribution in [0, 0.1) is 6.92 Å². The van der Waals surface area contributed by atoms with Gasteiger partial charge in [0.2, 0.25) is 5.91 Å². The molecule has 10 heteroatoms. The summed E-state index contributed by atoms with van der Waals surface area (Å²) in [6.45, 7) is 5.56. The Kier molecular flexibility index (Phi) is 9.00. The molecule has 25 heavy (non-hydrogen) atoms. The van der Waals surface area contributed by atoms with Crippen LogP contribution in [0.25, 0.3) is 0 Å². The molecular formula is C15H23N3O6S. The number of rotatable bonds is 10. The molecule has 0 saturated carbocycles. The second-order valence-corrected chi connectivity index (χ2v) is 6.51. The van der Waals surface area contributed by atoms with E-state index in [9.17, 15) is 14.4 Å². The van der Waals surface area contributed by atoms with Gasteiger partial charge in [-0.25, -0.2) is 0 Å². The maximum Gasteiger partial charge on any atom is 0.316 e. The van der Waals surface area contributed by atoms with E-state index in [0.717, 1.165) is 11.8 Å². The Balaban J connectivity index is 2.29. The van der Waals surface area contributed by atoms with Crippen LogP contribution in [0.3, 0.4) is 0 Å². The zero-order chi connectivity index (χ0) is 18.8. The van der Waals surface area contributed by atoms with Crippen molar-refractivity contribution in [1.29, 1.82) is 0 Å². The normalized spacial score (nSPS) is 13.0. The molecule has 2 N–H and O–H groups in total. The number of methoxy groups -OCH3 is 1. The smallest absolute Gasteiger partial charge is 0.316 e. The topological polar surface area (TPSA) is 120 Å². The maximum atomic E-state index is 12.0. The minimum atomic E-state index is -0.910. The summed E-state index contributed by atoms with van der Waals surface area (Å²) in [6.07, 6.45) is -0.910. The average Bonchev–Trinajstić information content (AvgIpc) is 2.97. The molecule has 0 fully saturated rings. The Labute approximate surface area is 150 Å². The van der Waals surface area contributed by atoms with Gasteiger partial charge >= 0.3 is 5.97 Å². The molecular weight excluding hydrogens is 350 g/mol. The van der Waals surface area contributed by atoms with E-state index in [4.69, 9.17) is 14.0 Å². The molecule has 0 unspecified atom stereocenters. The molecule has 9 nitrogen and oxygen atoms in total. The van der Waals surface area contributed by atoms with Gasteiger partial charge in [-0.15, -0.1) is 11.8 Å². The molecule has 140 valence electrons. The number of ether oxygens (including phenoxy) is 2. The standard InChI is InChI=1S/C15H23N3O6S/c1-9-7-12(18-24-9)17-15(21)11(3)25-8-13(19)23-10(2)14(20)16-5-6-22-4/h7,10-11H,5-6,8H2,1-4H3,(H,16,20)(H,17,18,21)/t10-,11+/m1/s1. The third-order valence-electron chi connectivity index (χ3n) is 2.98. The molecule has 0 aromatic carbocycles. The first-order chi connectivity index (χ1) is 11.8. The van der Waals surface area contributed by atoms with E-state index < -0.39 is 23.2 Å². The molecule has 1 aromatic heterocycles. The zero-order valence-corrected chi connectivity index (χ0v) is 15.5. The predicted molar refractivity (Wildman–Crippen MR) is 92.2 cm³/mol. The van der Waals surface area contributed by atoms with Crippen molar-refractivity contribution in [2.45, 2.75) is 32.1 Å². The third kappa shape index (κ3) is 8.03. The fraction of sp³-hybridized carbons (Fsp3) is 0.600. The van der Waals surface area contributed by atoms with E-state index >= 15 is 0 Å². The SMILES string of the molecule is COCCNC(=O)[C@@H](C)OC(=O)CS[C@@H](C)C(=O)Nc1cc(C)on1. The minimum absolute atomic E-state index is 0.0535. The van der Waals surface area contributed by atoms with Crippen molar-refractivity contribution in [3.63, 3.8) is 0 Å². The van der Waals surface area contributed by atoms with Gasteiger partial charge < -0.3 is 24.6 Å². The fourth-order valence-corrected chi connectivity index (χ4v) is 2.29. The average molecular weight is 373 g/mol. The first-order valence-corrected chi connectivity index (χ1v) is 8.70. The summed E-state index contributed by atoms with van der Waals surface area (Å²) in [7, 11) is 1.52. The van der Waals surface area contributed by atoms with Crippen LogP contribution in [0.1, 0.15) is 19.6 Å². The number of carbonyl (C=O) groups is 3. The maximum absolute atomic E-state index is 12.0. The molecule has 1 rings (SSSR count). The van der Waals surface area contributed by atoms with E-state index in [0.29, 0.717) is 24.7 Å². The lowest BCUT2D eigenvalue weighted by Crippen LogP contribution is -2.37. The fourth-order valence-electron chi connectivity index (χ4n) is 1.63. The molecule has 0 aliphatic heterocycles. The van der Waals surface area contributed by atoms with Crippen LogP contribution in [0.5, 0.6) is 0 Å². The van der Waals surface area contributed by atoms with Crippen LogP contribution in [0.15, 0.2) is 10.6 Å². The van der Waals surface area contributed by atoms with Crippen LogP contribution in [0.2, 0.25) is 0 Å². The quantitative estimate of drug-likeness (QED) is 0.455. The van der Waals surface area contributed by atoms with E-state index in [2.05, 4.69) is 15.8 Å². The Bertz CT molecular complexity index is 592. The molecule has 2 amide bonds. The minimum Gasteiger partial charge on any atom is -0.452 e. The number of hydrogen-bond acceptors (Lipinski definition) is 8. The van der Waals surface area contributed by atoms with Crippen molar-refractivity contribution in [3.8, 4) is 0 Å². The molecule has 2 atom stereocenters. The van der Waals surface area contributed by atoms with Gasteiger partial charge in [0.1, 0.15) is 5.76 Å². The van der Waals surface area contributed by atoms with E-state index in [1.807, 2.05) is 0 Å². The van der Waals surface area contributed by atoms with E-state index in [-0.39, 0.29) is 11.7 Å². The molecule has 1 aromatic rings. The van der Waals surface area contributed by atoms with Gasteiger partial charge in [-0.05, 0) is 20.8 Å². The molecule has 0 radical (unpaired) electrons. The van der Waals surface area contributed by atoms with Crippen molar-refractivity contribution in [1.82, 2.24) is 10.5 Å². The summed E-state index contributed by atoms with van der Waals surface area (Å²) >= 11 is 1.10. The Morgan fingerprint density at radius 3 is 2.64 bits per heavy atom. The van der Waals surface area contributed by atoms with Gasteiger partial charge in [0.05, 0.1) is 17.6 Å². The number of hydrogen-bond donors (Lipinski definition) is 2. The number of carbonyl (C=O) groups excluding carboxylic acids is 3. The summed E-state index contributed by atoms with van der Waals surface area (Å²) in [4.78, 5) is 35.4. The number of thioether (sulfide) groups is 1. The molecule has 0 spiro atoms. The zero-order valence-electron chi connectivity index (χ0n) is 14.7. The van der Waals surface area contributed by atoms with Crippen LogP contribution < -0.4 is 10.6 Å². The lowest BCUT2D eigenvalue weighted by Gasteiger charge is -2.14. The number of esters is 1. The lowest BCUT2D eigenvalue weighted by atomic mass is 10.4. The van der Waals surface area contributed by atoms with Gasteiger partial charge in [-0.3, -0.25) is 14.4 Å². The van der Waals surface area contributed by atoms with Gasteiger partial charge in [0.15, 0.2) is 11.9 Å². The monoisotopic (exact) mass is 373 g/mol. The highest BCUT2D eigenvalue weighted by Gasteiger charge is 2.20. The van der Waals surface area contributed by atoms with Crippen molar-refractivity contribution >= 4 is 35.4 Å². The van der Waals surface area contributed by atoms with Crippen molar-refractivity contribution < 1.29 is 28.4 Å². The van der Waals surface area contributed by atoms with Gasteiger partial charge in [0, 0.05) is 19.7 Å². The van der Waals surface area contributed by atoms with Crippen molar-refractivity contribution in [3.05, 3.63) is 11.8 Å². The summed E-state index contributed by atoms with van der Waals surface area (Å²) in [5.41, 5.74) is 0. The first-order valence-electron chi connectivity index (χ1n) is 7.65. The Hall–Kier alpha value is -2.07. The number of aromatic nitrogens is 1. The molecule has 0 bridgehead atoms. The van der Waals surface area contributed by atoms with Crippen molar-refractivity contribution in [2.24, 2.45) is 0 Å². The third-order valence-corrected chi connectivity index (χ3v) is 4.10. The number of nitrogens with one attached hydrogen (secondary N) is 2. The molecule has 0 saturated heterocycles.